The Morgan fingerprint density at radius 1 is 0.708 bits per heavy atom. The fourth-order valence-corrected chi connectivity index (χ4v) is 4.80. The third-order valence-electron chi connectivity index (χ3n) is 5.82. The molecule has 1 aliphatic heterocycles. The molecule has 0 saturated heterocycles. The third kappa shape index (κ3) is 1.88. The van der Waals surface area contributed by atoms with Crippen molar-refractivity contribution in [2.75, 3.05) is 4.90 Å². The van der Waals surface area contributed by atoms with Crippen molar-refractivity contribution in [2.45, 2.75) is 31.3 Å². The summed E-state index contributed by atoms with van der Waals surface area (Å²) < 4.78 is 0. The van der Waals surface area contributed by atoms with Crippen LogP contribution in [0.3, 0.4) is 0 Å². The second-order valence-corrected chi connectivity index (χ2v) is 7.06. The molecule has 0 spiro atoms. The van der Waals surface area contributed by atoms with Gasteiger partial charge in [-0.2, -0.15) is 0 Å². The molecule has 118 valence electrons. The quantitative estimate of drug-likeness (QED) is 0.591. The Morgan fingerprint density at radius 3 is 2.12 bits per heavy atom. The predicted molar refractivity (Wildman–Crippen MR) is 99.4 cm³/mol. The zero-order valence-electron chi connectivity index (χ0n) is 13.9. The lowest BCUT2D eigenvalue weighted by Gasteiger charge is -2.28. The summed E-state index contributed by atoms with van der Waals surface area (Å²) in [5.41, 5.74) is 7.35. The molecule has 0 radical (unpaired) electrons. The summed E-state index contributed by atoms with van der Waals surface area (Å²) in [5.74, 6) is 1.15. The number of rotatable bonds is 2. The minimum absolute atomic E-state index is 0.466. The van der Waals surface area contributed by atoms with Crippen LogP contribution in [0.25, 0.3) is 0 Å². The number of anilines is 1. The Balaban J connectivity index is 1.65. The molecule has 0 N–H and O–H groups in total. The molecular weight excluding hydrogens is 290 g/mol. The Kier molecular flexibility index (Phi) is 3.02. The van der Waals surface area contributed by atoms with Gasteiger partial charge in [-0.25, -0.2) is 0 Å². The van der Waals surface area contributed by atoms with E-state index in [2.05, 4.69) is 90.7 Å². The van der Waals surface area contributed by atoms with E-state index in [0.717, 1.165) is 6.54 Å². The molecule has 5 rings (SSSR count). The number of nitrogens with zero attached hydrogens (tertiary/aromatic N) is 1. The van der Waals surface area contributed by atoms with Crippen molar-refractivity contribution in [3.05, 3.63) is 101 Å². The molecular formula is C23H21N. The maximum Gasteiger partial charge on any atom is 0.0624 e. The molecule has 1 heterocycles. The monoisotopic (exact) mass is 311 g/mol. The highest BCUT2D eigenvalue weighted by atomic mass is 15.2. The van der Waals surface area contributed by atoms with Gasteiger partial charge in [0.25, 0.3) is 0 Å². The van der Waals surface area contributed by atoms with Crippen molar-refractivity contribution in [3.63, 3.8) is 0 Å². The molecule has 2 aliphatic rings. The van der Waals surface area contributed by atoms with Gasteiger partial charge in [0, 0.05) is 18.2 Å². The first-order valence-electron chi connectivity index (χ1n) is 8.83. The highest BCUT2D eigenvalue weighted by molar-refractivity contribution is 5.67. The van der Waals surface area contributed by atoms with E-state index >= 15 is 0 Å². The maximum atomic E-state index is 2.62. The zero-order chi connectivity index (χ0) is 16.1. The molecule has 0 fully saturated rings. The van der Waals surface area contributed by atoms with Gasteiger partial charge in [0.2, 0.25) is 0 Å². The van der Waals surface area contributed by atoms with Crippen molar-refractivity contribution < 1.29 is 0 Å². The van der Waals surface area contributed by atoms with Crippen LogP contribution >= 0.6 is 0 Å². The predicted octanol–water partition coefficient (Wildman–Crippen LogP) is 5.65. The van der Waals surface area contributed by atoms with E-state index in [1.54, 1.807) is 0 Å². The summed E-state index contributed by atoms with van der Waals surface area (Å²) in [6.45, 7) is 3.37. The number of hydrogen-bond acceptors (Lipinski definition) is 1. The lowest BCUT2D eigenvalue weighted by atomic mass is 9.88. The van der Waals surface area contributed by atoms with Crippen molar-refractivity contribution in [3.8, 4) is 0 Å². The van der Waals surface area contributed by atoms with E-state index in [-0.39, 0.29) is 0 Å². The van der Waals surface area contributed by atoms with Gasteiger partial charge in [-0.1, -0.05) is 79.7 Å². The van der Waals surface area contributed by atoms with E-state index in [4.69, 9.17) is 0 Å². The highest BCUT2D eigenvalue weighted by Gasteiger charge is 2.47. The van der Waals surface area contributed by atoms with Crippen LogP contribution in [0.5, 0.6) is 0 Å². The number of para-hydroxylation sites is 1. The van der Waals surface area contributed by atoms with Gasteiger partial charge in [0.15, 0.2) is 0 Å². The Morgan fingerprint density at radius 2 is 1.33 bits per heavy atom. The van der Waals surface area contributed by atoms with Gasteiger partial charge in [-0.05, 0) is 34.2 Å². The molecule has 1 nitrogen and oxygen atoms in total. The van der Waals surface area contributed by atoms with Crippen molar-refractivity contribution in [2.24, 2.45) is 0 Å². The average Bonchev–Trinajstić information content (AvgIpc) is 3.11. The standard InChI is InChI=1S/C23H21N/c1-16-18-11-5-6-12-19(18)23-22(16)20-13-7-8-14-21(20)24(23)15-17-9-3-2-4-10-17/h2-14,16,22-23H,15H2,1H3. The van der Waals surface area contributed by atoms with E-state index in [1.807, 2.05) is 0 Å². The second-order valence-electron chi connectivity index (χ2n) is 7.06. The molecule has 0 amide bonds. The van der Waals surface area contributed by atoms with Gasteiger partial charge in [-0.3, -0.25) is 0 Å². The molecule has 3 atom stereocenters. The number of fused-ring (bicyclic) bond motifs is 5. The Bertz CT molecular complexity index is 883. The van der Waals surface area contributed by atoms with Crippen molar-refractivity contribution in [1.82, 2.24) is 0 Å². The topological polar surface area (TPSA) is 3.24 Å². The first kappa shape index (κ1) is 13.9. The first-order chi connectivity index (χ1) is 11.8. The zero-order valence-corrected chi connectivity index (χ0v) is 13.9. The summed E-state index contributed by atoms with van der Waals surface area (Å²) in [4.78, 5) is 2.62. The fraction of sp³-hybridized carbons (Fsp3) is 0.217. The normalized spacial score (nSPS) is 23.7. The van der Waals surface area contributed by atoms with Gasteiger partial charge in [0.05, 0.1) is 6.04 Å². The molecule has 3 aromatic carbocycles. The lowest BCUT2D eigenvalue weighted by molar-refractivity contribution is 0.533. The molecule has 3 unspecified atom stereocenters. The summed E-state index contributed by atoms with van der Waals surface area (Å²) >= 11 is 0. The fourth-order valence-electron chi connectivity index (χ4n) is 4.80. The minimum atomic E-state index is 0.466. The van der Waals surface area contributed by atoms with E-state index < -0.39 is 0 Å². The highest BCUT2D eigenvalue weighted by Crippen LogP contribution is 2.60. The van der Waals surface area contributed by atoms with Gasteiger partial charge in [-0.15, -0.1) is 0 Å². The minimum Gasteiger partial charge on any atom is -0.359 e. The molecule has 1 heteroatoms. The van der Waals surface area contributed by atoms with E-state index in [0.29, 0.717) is 17.9 Å². The van der Waals surface area contributed by atoms with Crippen LogP contribution in [0, 0.1) is 0 Å². The SMILES string of the molecule is CC1c2ccccc2C2C1c1ccccc1N2Cc1ccccc1. The summed E-state index contributed by atoms with van der Waals surface area (Å²) in [5, 5.41) is 0. The number of hydrogen-bond donors (Lipinski definition) is 0. The summed E-state index contributed by atoms with van der Waals surface area (Å²) in [6, 6.07) is 29.3. The van der Waals surface area contributed by atoms with Gasteiger partial charge < -0.3 is 4.90 Å². The van der Waals surface area contributed by atoms with Crippen molar-refractivity contribution in [1.29, 1.82) is 0 Å². The van der Waals surface area contributed by atoms with Gasteiger partial charge >= 0.3 is 0 Å². The molecule has 24 heavy (non-hydrogen) atoms. The second kappa shape index (κ2) is 5.24. The van der Waals surface area contributed by atoms with Crippen LogP contribution in [-0.4, -0.2) is 0 Å². The Hall–Kier alpha value is -2.54. The number of benzene rings is 3. The summed E-state index contributed by atoms with van der Waals surface area (Å²) in [7, 11) is 0. The first-order valence-corrected chi connectivity index (χ1v) is 8.83. The van der Waals surface area contributed by atoms with Crippen LogP contribution in [-0.2, 0) is 6.54 Å². The Labute approximate surface area is 143 Å². The molecule has 3 aromatic rings. The smallest absolute Gasteiger partial charge is 0.0624 e. The molecule has 0 bridgehead atoms. The van der Waals surface area contributed by atoms with Gasteiger partial charge in [0.1, 0.15) is 0 Å². The van der Waals surface area contributed by atoms with Crippen molar-refractivity contribution >= 4 is 5.69 Å². The largest absolute Gasteiger partial charge is 0.359 e. The molecule has 1 aliphatic carbocycles. The molecule has 0 saturated carbocycles. The van der Waals surface area contributed by atoms with E-state index in [1.165, 1.54) is 27.9 Å². The van der Waals surface area contributed by atoms with Crippen LogP contribution in [0.15, 0.2) is 78.9 Å². The third-order valence-corrected chi connectivity index (χ3v) is 5.82. The summed E-state index contributed by atoms with van der Waals surface area (Å²) in [6.07, 6.45) is 0. The van der Waals surface area contributed by atoms with Crippen LogP contribution in [0.2, 0.25) is 0 Å². The lowest BCUT2D eigenvalue weighted by Crippen LogP contribution is -2.24. The average molecular weight is 311 g/mol. The van der Waals surface area contributed by atoms with Crippen LogP contribution in [0.1, 0.15) is 47.1 Å². The maximum absolute atomic E-state index is 2.62. The van der Waals surface area contributed by atoms with Crippen LogP contribution in [0.4, 0.5) is 5.69 Å². The van der Waals surface area contributed by atoms with E-state index in [9.17, 15) is 0 Å². The molecule has 0 aromatic heterocycles. The van der Waals surface area contributed by atoms with Crippen LogP contribution < -0.4 is 4.90 Å².